The number of hydrogen-bond acceptors (Lipinski definition) is 7. The van der Waals surface area contributed by atoms with E-state index < -0.39 is 21.5 Å². The van der Waals surface area contributed by atoms with Crippen molar-refractivity contribution in [1.82, 2.24) is 19.7 Å². The molecule has 0 aliphatic rings. The summed E-state index contributed by atoms with van der Waals surface area (Å²) in [4.78, 5) is 33.1. The van der Waals surface area contributed by atoms with Gasteiger partial charge in [-0.3, -0.25) is 19.7 Å². The fourth-order valence-corrected chi connectivity index (χ4v) is 3.15. The number of amides is 2. The summed E-state index contributed by atoms with van der Waals surface area (Å²) < 4.78 is 23.9. The van der Waals surface area contributed by atoms with Crippen LogP contribution in [-0.2, 0) is 19.5 Å². The molecule has 3 rings (SSSR count). The minimum atomic E-state index is -3.45. The molecule has 0 fully saturated rings. The number of rotatable bonds is 6. The summed E-state index contributed by atoms with van der Waals surface area (Å²) in [5.74, 6) is -1.64. The second-order valence-corrected chi connectivity index (χ2v) is 8.48. The van der Waals surface area contributed by atoms with E-state index in [1.54, 1.807) is 36.5 Å². The van der Waals surface area contributed by atoms with Crippen LogP contribution < -0.4 is 5.32 Å². The van der Waals surface area contributed by atoms with Gasteiger partial charge in [0.2, 0.25) is 11.9 Å². The highest BCUT2D eigenvalue weighted by Crippen LogP contribution is 2.22. The summed E-state index contributed by atoms with van der Waals surface area (Å²) in [5, 5.41) is 7.65. The number of anilines is 1. The van der Waals surface area contributed by atoms with E-state index in [2.05, 4.69) is 15.4 Å². The third-order valence-electron chi connectivity index (χ3n) is 3.98. The number of benzene rings is 1. The Morgan fingerprint density at radius 2 is 1.97 bits per heavy atom. The zero-order chi connectivity index (χ0) is 21.2. The van der Waals surface area contributed by atoms with Gasteiger partial charge in [-0.05, 0) is 29.8 Å². The Balaban J connectivity index is 1.87. The Hall–Kier alpha value is -3.31. The van der Waals surface area contributed by atoms with Crippen molar-refractivity contribution in [2.75, 3.05) is 31.5 Å². The lowest BCUT2D eigenvalue weighted by Crippen LogP contribution is -2.25. The van der Waals surface area contributed by atoms with Gasteiger partial charge in [-0.25, -0.2) is 18.0 Å². The molecule has 3 aromatic rings. The second-order valence-electron chi connectivity index (χ2n) is 6.34. The van der Waals surface area contributed by atoms with Crippen molar-refractivity contribution in [3.05, 3.63) is 48.2 Å². The number of fused-ring (bicyclic) bond motifs is 1. The average molecular weight is 417 g/mol. The van der Waals surface area contributed by atoms with Crippen LogP contribution >= 0.6 is 0 Å². The maximum Gasteiger partial charge on any atom is 0.277 e. The van der Waals surface area contributed by atoms with Crippen LogP contribution in [0.5, 0.6) is 0 Å². The van der Waals surface area contributed by atoms with Gasteiger partial charge in [0.05, 0.1) is 7.11 Å². The summed E-state index contributed by atoms with van der Waals surface area (Å²) in [5.41, 5.74) is 2.47. The van der Waals surface area contributed by atoms with E-state index in [-0.39, 0.29) is 11.9 Å². The highest BCUT2D eigenvalue weighted by molar-refractivity contribution is 7.91. The molecule has 0 saturated carbocycles. The number of hydroxylamine groups is 2. The Kier molecular flexibility index (Phi) is 5.62. The lowest BCUT2D eigenvalue weighted by molar-refractivity contribution is -0.113. The van der Waals surface area contributed by atoms with Crippen molar-refractivity contribution >= 4 is 33.2 Å². The third kappa shape index (κ3) is 4.95. The topological polar surface area (TPSA) is 123 Å². The van der Waals surface area contributed by atoms with E-state index in [1.807, 2.05) is 6.07 Å². The quantitative estimate of drug-likeness (QED) is 0.594. The highest BCUT2D eigenvalue weighted by atomic mass is 32.2. The molecule has 2 heterocycles. The molecule has 10 nitrogen and oxygen atoms in total. The van der Waals surface area contributed by atoms with Crippen LogP contribution in [0.2, 0.25) is 0 Å². The molecule has 11 heteroatoms. The van der Waals surface area contributed by atoms with E-state index in [0.29, 0.717) is 11.2 Å². The van der Waals surface area contributed by atoms with Crippen molar-refractivity contribution in [3.8, 4) is 11.1 Å². The van der Waals surface area contributed by atoms with Gasteiger partial charge in [0.25, 0.3) is 5.91 Å². The van der Waals surface area contributed by atoms with Gasteiger partial charge in [-0.2, -0.15) is 4.98 Å². The van der Waals surface area contributed by atoms with Gasteiger partial charge in [0.1, 0.15) is 5.75 Å². The molecule has 2 aromatic heterocycles. The first-order valence-electron chi connectivity index (χ1n) is 8.43. The van der Waals surface area contributed by atoms with Gasteiger partial charge >= 0.3 is 0 Å². The Labute approximate surface area is 167 Å². The predicted octanol–water partition coefficient (Wildman–Crippen LogP) is 1.01. The van der Waals surface area contributed by atoms with Crippen LogP contribution in [-0.4, -0.2) is 66.1 Å². The van der Waals surface area contributed by atoms with Crippen molar-refractivity contribution in [1.29, 1.82) is 0 Å². The van der Waals surface area contributed by atoms with Gasteiger partial charge in [0, 0.05) is 30.6 Å². The van der Waals surface area contributed by atoms with Crippen molar-refractivity contribution in [2.24, 2.45) is 0 Å². The number of nitrogens with one attached hydrogen (secondary N) is 1. The summed E-state index contributed by atoms with van der Waals surface area (Å²) >= 11 is 0. The maximum absolute atomic E-state index is 12.3. The fourth-order valence-electron chi connectivity index (χ4n) is 2.60. The summed E-state index contributed by atoms with van der Waals surface area (Å²) in [6, 6.07) is 10.5. The van der Waals surface area contributed by atoms with E-state index >= 15 is 0 Å². The van der Waals surface area contributed by atoms with Crippen molar-refractivity contribution in [2.45, 2.75) is 0 Å². The van der Waals surface area contributed by atoms with Crippen LogP contribution in [0.3, 0.4) is 0 Å². The maximum atomic E-state index is 12.3. The summed E-state index contributed by atoms with van der Waals surface area (Å²) in [6.07, 6.45) is 2.66. The highest BCUT2D eigenvalue weighted by Gasteiger charge is 2.15. The standard InChI is InChI=1S/C18H19N5O5S/c1-22(28-2)17(25)13-6-4-5-12(9-13)14-7-8-15-19-18(21-23(15)10-14)20-16(24)11-29(3,26)27/h4-10H,11H2,1-3H3,(H,20,21,24). The largest absolute Gasteiger partial charge is 0.292 e. The summed E-state index contributed by atoms with van der Waals surface area (Å²) in [6.45, 7) is 0. The monoisotopic (exact) mass is 417 g/mol. The van der Waals surface area contributed by atoms with Gasteiger partial charge in [0.15, 0.2) is 15.5 Å². The first-order valence-corrected chi connectivity index (χ1v) is 10.5. The number of hydrogen-bond donors (Lipinski definition) is 1. The number of carbonyl (C=O) groups excluding carboxylic acids is 2. The van der Waals surface area contributed by atoms with Crippen LogP contribution in [0, 0.1) is 0 Å². The van der Waals surface area contributed by atoms with Gasteiger partial charge < -0.3 is 0 Å². The molecule has 0 unspecified atom stereocenters. The van der Waals surface area contributed by atoms with Crippen LogP contribution in [0.4, 0.5) is 5.95 Å². The van der Waals surface area contributed by atoms with Gasteiger partial charge in [-0.1, -0.05) is 12.1 Å². The zero-order valence-corrected chi connectivity index (χ0v) is 16.8. The number of carbonyl (C=O) groups is 2. The van der Waals surface area contributed by atoms with Crippen molar-refractivity contribution < 1.29 is 22.8 Å². The van der Waals surface area contributed by atoms with Crippen LogP contribution in [0.1, 0.15) is 10.4 Å². The van der Waals surface area contributed by atoms with E-state index in [9.17, 15) is 18.0 Å². The smallest absolute Gasteiger partial charge is 0.277 e. The minimum Gasteiger partial charge on any atom is -0.292 e. The Morgan fingerprint density at radius 1 is 1.21 bits per heavy atom. The normalized spacial score (nSPS) is 11.4. The zero-order valence-electron chi connectivity index (χ0n) is 16.0. The Morgan fingerprint density at radius 3 is 2.66 bits per heavy atom. The molecule has 2 amide bonds. The number of aromatic nitrogens is 3. The average Bonchev–Trinajstić information content (AvgIpc) is 3.06. The van der Waals surface area contributed by atoms with Crippen LogP contribution in [0.15, 0.2) is 42.6 Å². The molecule has 0 atom stereocenters. The lowest BCUT2D eigenvalue weighted by atomic mass is 10.0. The molecule has 0 aliphatic heterocycles. The first kappa shape index (κ1) is 20.4. The fraction of sp³-hybridized carbons (Fsp3) is 0.222. The molecule has 1 aromatic carbocycles. The second kappa shape index (κ2) is 7.97. The third-order valence-corrected chi connectivity index (χ3v) is 4.76. The molecular formula is C18H19N5O5S. The molecule has 0 aliphatic carbocycles. The van der Waals surface area contributed by atoms with E-state index in [1.165, 1.54) is 18.7 Å². The molecule has 0 saturated heterocycles. The number of nitrogens with zero attached hydrogens (tertiary/aromatic N) is 4. The minimum absolute atomic E-state index is 0.00134. The lowest BCUT2D eigenvalue weighted by Gasteiger charge is -2.14. The van der Waals surface area contributed by atoms with Gasteiger partial charge in [-0.15, -0.1) is 5.10 Å². The predicted molar refractivity (Wildman–Crippen MR) is 106 cm³/mol. The van der Waals surface area contributed by atoms with Crippen LogP contribution in [0.25, 0.3) is 16.8 Å². The molecule has 0 bridgehead atoms. The Bertz CT molecular complexity index is 1190. The molecular weight excluding hydrogens is 398 g/mol. The van der Waals surface area contributed by atoms with E-state index in [0.717, 1.165) is 22.4 Å². The van der Waals surface area contributed by atoms with Crippen molar-refractivity contribution in [3.63, 3.8) is 0 Å². The number of pyridine rings is 1. The molecule has 29 heavy (non-hydrogen) atoms. The molecule has 152 valence electrons. The molecule has 0 spiro atoms. The van der Waals surface area contributed by atoms with E-state index in [4.69, 9.17) is 4.84 Å². The first-order chi connectivity index (χ1) is 13.7. The number of sulfone groups is 1. The molecule has 1 N–H and O–H groups in total. The SMILES string of the molecule is CON(C)C(=O)c1cccc(-c2ccc3nc(NC(=O)CS(C)(=O)=O)nn3c2)c1. The summed E-state index contributed by atoms with van der Waals surface area (Å²) in [7, 11) is -0.517. The molecule has 0 radical (unpaired) electrons.